The summed E-state index contributed by atoms with van der Waals surface area (Å²) in [7, 11) is 0. The van der Waals surface area contributed by atoms with E-state index in [4.69, 9.17) is 0 Å². The van der Waals surface area contributed by atoms with Gasteiger partial charge in [0.25, 0.3) is 0 Å². The molecule has 5 heteroatoms. The lowest BCUT2D eigenvalue weighted by Gasteiger charge is -2.02. The van der Waals surface area contributed by atoms with Crippen molar-refractivity contribution in [1.82, 2.24) is 10.9 Å². The van der Waals surface area contributed by atoms with Crippen LogP contribution in [0.2, 0.25) is 0 Å². The number of hydrogen-bond donors (Lipinski definition) is 1. The van der Waals surface area contributed by atoms with E-state index >= 15 is 0 Å². The van der Waals surface area contributed by atoms with Gasteiger partial charge < -0.3 is 0 Å². The van der Waals surface area contributed by atoms with E-state index < -0.39 is 11.4 Å². The van der Waals surface area contributed by atoms with Gasteiger partial charge in [-0.25, -0.2) is 5.43 Å². The smallest absolute Gasteiger partial charge is 0.242 e. The van der Waals surface area contributed by atoms with Crippen LogP contribution in [0.3, 0.4) is 0 Å². The fourth-order valence-electron chi connectivity index (χ4n) is 0.915. The molecule has 0 aliphatic heterocycles. The maximum absolute atomic E-state index is 11.5. The molecule has 0 fully saturated rings. The second kappa shape index (κ2) is 4.51. The van der Waals surface area contributed by atoms with Crippen LogP contribution in [0.1, 0.15) is 5.56 Å². The average molecular weight is 186 g/mol. The molecule has 0 saturated carbocycles. The molecule has 0 aromatic heterocycles. The first-order valence-corrected chi connectivity index (χ1v) is 3.63. The Morgan fingerprint density at radius 3 is 2.46 bits per heavy atom. The summed E-state index contributed by atoms with van der Waals surface area (Å²) in [6.07, 6.45) is -0.0504. The minimum absolute atomic E-state index is 0.0504. The predicted octanol–water partition coefficient (Wildman–Crippen LogP) is 1.33. The molecular formula is C8H8F2N2O. The Kier molecular flexibility index (Phi) is 3.33. The average Bonchev–Trinajstić information content (AvgIpc) is 2.04. The first kappa shape index (κ1) is 9.60. The summed E-state index contributed by atoms with van der Waals surface area (Å²) in [5, 5.41) is 0. The van der Waals surface area contributed by atoms with Crippen molar-refractivity contribution in [2.45, 2.75) is 6.42 Å². The van der Waals surface area contributed by atoms with E-state index in [9.17, 15) is 13.8 Å². The molecule has 1 aromatic carbocycles. The molecule has 0 spiro atoms. The van der Waals surface area contributed by atoms with Gasteiger partial charge in [-0.05, 0) is 5.56 Å². The van der Waals surface area contributed by atoms with Gasteiger partial charge in [-0.1, -0.05) is 39.3 Å². The highest BCUT2D eigenvalue weighted by Gasteiger charge is 2.06. The Bertz CT molecular complexity index is 277. The molecule has 3 nitrogen and oxygen atoms in total. The van der Waals surface area contributed by atoms with Gasteiger partial charge in [0.1, 0.15) is 5.45 Å². The van der Waals surface area contributed by atoms with Crippen molar-refractivity contribution in [3.63, 3.8) is 0 Å². The number of carbonyl (C=O) groups is 1. The van der Waals surface area contributed by atoms with E-state index in [0.717, 1.165) is 0 Å². The number of rotatable bonds is 3. The zero-order valence-electron chi connectivity index (χ0n) is 6.71. The molecular weight excluding hydrogens is 178 g/mol. The molecule has 0 aliphatic rings. The first-order chi connectivity index (χ1) is 6.18. The summed E-state index contributed by atoms with van der Waals surface area (Å²) >= 11 is 0. The predicted molar refractivity (Wildman–Crippen MR) is 42.3 cm³/mol. The van der Waals surface area contributed by atoms with Crippen molar-refractivity contribution in [2.24, 2.45) is 0 Å². The van der Waals surface area contributed by atoms with Gasteiger partial charge in [-0.3, -0.25) is 4.79 Å². The van der Waals surface area contributed by atoms with Crippen LogP contribution in [0.15, 0.2) is 30.3 Å². The molecule has 1 N–H and O–H groups in total. The molecule has 0 unspecified atom stereocenters. The third kappa shape index (κ3) is 3.62. The van der Waals surface area contributed by atoms with Crippen molar-refractivity contribution < 1.29 is 13.8 Å². The fourth-order valence-corrected chi connectivity index (χ4v) is 0.915. The van der Waals surface area contributed by atoms with E-state index in [1.807, 2.05) is 0 Å². The van der Waals surface area contributed by atoms with Gasteiger partial charge in [0.2, 0.25) is 5.91 Å². The van der Waals surface area contributed by atoms with E-state index in [-0.39, 0.29) is 6.42 Å². The Hall–Kier alpha value is -1.49. The number of hydrogen-bond acceptors (Lipinski definition) is 2. The van der Waals surface area contributed by atoms with E-state index in [0.29, 0.717) is 5.56 Å². The largest absolute Gasteiger partial charge is 0.273 e. The highest BCUT2D eigenvalue weighted by atomic mass is 19.4. The van der Waals surface area contributed by atoms with Crippen LogP contribution in [-0.4, -0.2) is 11.4 Å². The molecule has 1 amide bonds. The quantitative estimate of drug-likeness (QED) is 0.570. The highest BCUT2D eigenvalue weighted by Crippen LogP contribution is 1.99. The molecule has 70 valence electrons. The van der Waals surface area contributed by atoms with Gasteiger partial charge in [0.05, 0.1) is 6.42 Å². The highest BCUT2D eigenvalue weighted by molar-refractivity contribution is 5.77. The minimum atomic E-state index is -1.36. The van der Waals surface area contributed by atoms with Crippen LogP contribution in [0.5, 0.6) is 0 Å². The van der Waals surface area contributed by atoms with Crippen molar-refractivity contribution in [1.29, 1.82) is 0 Å². The number of carbonyl (C=O) groups excluding carboxylic acids is 1. The van der Waals surface area contributed by atoms with Crippen molar-refractivity contribution in [2.75, 3.05) is 0 Å². The summed E-state index contributed by atoms with van der Waals surface area (Å²) in [6, 6.07) is 8.66. The molecule has 0 radical (unpaired) electrons. The topological polar surface area (TPSA) is 32.3 Å². The minimum Gasteiger partial charge on any atom is -0.273 e. The van der Waals surface area contributed by atoms with Crippen LogP contribution in [0.4, 0.5) is 8.96 Å². The lowest BCUT2D eigenvalue weighted by Crippen LogP contribution is -2.31. The normalized spacial score (nSPS) is 10.1. The van der Waals surface area contributed by atoms with Crippen molar-refractivity contribution >= 4 is 5.91 Å². The second-order valence-electron chi connectivity index (χ2n) is 2.43. The molecule has 0 bridgehead atoms. The third-order valence-electron chi connectivity index (χ3n) is 1.42. The summed E-state index contributed by atoms with van der Waals surface area (Å²) < 4.78 is 23.0. The van der Waals surface area contributed by atoms with Crippen LogP contribution < -0.4 is 5.43 Å². The maximum atomic E-state index is 11.5. The lowest BCUT2D eigenvalue weighted by atomic mass is 10.1. The second-order valence-corrected chi connectivity index (χ2v) is 2.43. The van der Waals surface area contributed by atoms with E-state index in [1.165, 1.54) is 5.43 Å². The fraction of sp³-hybridized carbons (Fsp3) is 0.125. The van der Waals surface area contributed by atoms with Gasteiger partial charge in [0, 0.05) is 0 Å². The van der Waals surface area contributed by atoms with Crippen LogP contribution in [0.25, 0.3) is 0 Å². The number of halogens is 2. The summed E-state index contributed by atoms with van der Waals surface area (Å²) in [6.45, 7) is 0. The zero-order valence-corrected chi connectivity index (χ0v) is 6.71. The van der Waals surface area contributed by atoms with Gasteiger partial charge in [-0.2, -0.15) is 0 Å². The summed E-state index contributed by atoms with van der Waals surface area (Å²) in [4.78, 5) is 10.8. The standard InChI is InChI=1S/C8H8F2N2O/c9-12(10)11-8(13)6-7-4-2-1-3-5-7/h1-5H,6H2,(H,11,13). The molecule has 0 saturated heterocycles. The number of nitrogens with zero attached hydrogens (tertiary/aromatic N) is 1. The molecule has 0 aliphatic carbocycles. The third-order valence-corrected chi connectivity index (χ3v) is 1.42. The van der Waals surface area contributed by atoms with Crippen molar-refractivity contribution in [3.05, 3.63) is 35.9 Å². The van der Waals surface area contributed by atoms with Gasteiger partial charge in [-0.15, -0.1) is 0 Å². The Balaban J connectivity index is 2.46. The SMILES string of the molecule is O=C(Cc1ccccc1)NN(F)F. The number of nitrogens with one attached hydrogen (secondary N) is 1. The zero-order chi connectivity index (χ0) is 9.68. The molecule has 0 heterocycles. The number of amides is 1. The number of benzene rings is 1. The summed E-state index contributed by atoms with van der Waals surface area (Å²) in [5.74, 6) is -0.740. The van der Waals surface area contributed by atoms with Gasteiger partial charge >= 0.3 is 0 Å². The molecule has 1 aromatic rings. The molecule has 13 heavy (non-hydrogen) atoms. The Morgan fingerprint density at radius 2 is 1.92 bits per heavy atom. The molecule has 0 atom stereocenters. The Morgan fingerprint density at radius 1 is 1.31 bits per heavy atom. The maximum Gasteiger partial charge on any atom is 0.242 e. The summed E-state index contributed by atoms with van der Waals surface area (Å²) in [5.41, 5.74) is 0.693. The van der Waals surface area contributed by atoms with E-state index in [2.05, 4.69) is 0 Å². The monoisotopic (exact) mass is 186 g/mol. The van der Waals surface area contributed by atoms with E-state index in [1.54, 1.807) is 30.3 Å². The molecule has 1 rings (SSSR count). The van der Waals surface area contributed by atoms with Crippen LogP contribution in [0, 0.1) is 0 Å². The first-order valence-electron chi connectivity index (χ1n) is 3.63. The Labute approximate surface area is 73.8 Å². The lowest BCUT2D eigenvalue weighted by molar-refractivity contribution is -0.201. The van der Waals surface area contributed by atoms with Crippen LogP contribution >= 0.6 is 0 Å². The van der Waals surface area contributed by atoms with Crippen LogP contribution in [-0.2, 0) is 11.2 Å². The number of hydrazine groups is 1. The van der Waals surface area contributed by atoms with Crippen molar-refractivity contribution in [3.8, 4) is 0 Å². The van der Waals surface area contributed by atoms with Gasteiger partial charge in [0.15, 0.2) is 0 Å².